The van der Waals surface area contributed by atoms with Crippen LogP contribution in [0.15, 0.2) is 42.5 Å². The molecule has 0 unspecified atom stereocenters. The lowest BCUT2D eigenvalue weighted by Gasteiger charge is -2.20. The maximum atomic E-state index is 12.3. The Morgan fingerprint density at radius 3 is 2.32 bits per heavy atom. The minimum absolute atomic E-state index is 0.0352. The molecular weight excluding hydrogens is 394 g/mol. The fraction of sp³-hybridized carbons (Fsp3) is 0.375. The summed E-state index contributed by atoms with van der Waals surface area (Å²) in [5, 5.41) is 2.91. The second-order valence-electron chi connectivity index (χ2n) is 7.96. The zero-order chi connectivity index (χ0) is 22.2. The number of carbonyl (C=O) groups is 3. The van der Waals surface area contributed by atoms with Crippen LogP contribution < -0.4 is 20.9 Å². The molecular formula is C24H29N3O4. The lowest BCUT2D eigenvalue weighted by molar-refractivity contribution is -0.124. The van der Waals surface area contributed by atoms with Gasteiger partial charge in [0.2, 0.25) is 5.91 Å². The van der Waals surface area contributed by atoms with Gasteiger partial charge in [-0.3, -0.25) is 25.2 Å². The smallest absolute Gasteiger partial charge is 0.276 e. The SMILES string of the molecule is Cc1ccc(OCC(=O)NNC(=O)c2ccc(NC(=O)C3CCCCC3)cc2)c(C)c1. The summed E-state index contributed by atoms with van der Waals surface area (Å²) >= 11 is 0. The van der Waals surface area contributed by atoms with E-state index >= 15 is 0 Å². The zero-order valence-corrected chi connectivity index (χ0v) is 18.0. The Morgan fingerprint density at radius 2 is 1.65 bits per heavy atom. The molecule has 0 spiro atoms. The molecule has 0 radical (unpaired) electrons. The fourth-order valence-corrected chi connectivity index (χ4v) is 3.65. The number of hydrazine groups is 1. The molecule has 7 nitrogen and oxygen atoms in total. The van der Waals surface area contributed by atoms with Crippen LogP contribution in [-0.2, 0) is 9.59 Å². The highest BCUT2D eigenvalue weighted by molar-refractivity contribution is 5.97. The highest BCUT2D eigenvalue weighted by Crippen LogP contribution is 2.25. The Bertz CT molecular complexity index is 934. The highest BCUT2D eigenvalue weighted by atomic mass is 16.5. The number of rotatable bonds is 6. The summed E-state index contributed by atoms with van der Waals surface area (Å²) in [4.78, 5) is 36.5. The minimum atomic E-state index is -0.468. The molecule has 1 saturated carbocycles. The van der Waals surface area contributed by atoms with Crippen molar-refractivity contribution >= 4 is 23.4 Å². The summed E-state index contributed by atoms with van der Waals surface area (Å²) in [6.45, 7) is 3.68. The lowest BCUT2D eigenvalue weighted by Crippen LogP contribution is -2.43. The van der Waals surface area contributed by atoms with E-state index in [0.29, 0.717) is 17.0 Å². The molecule has 1 aliphatic rings. The van der Waals surface area contributed by atoms with Gasteiger partial charge in [0.1, 0.15) is 5.75 Å². The van der Waals surface area contributed by atoms with E-state index < -0.39 is 11.8 Å². The number of benzene rings is 2. The van der Waals surface area contributed by atoms with Gasteiger partial charge in [0.15, 0.2) is 6.61 Å². The van der Waals surface area contributed by atoms with E-state index in [1.807, 2.05) is 32.0 Å². The van der Waals surface area contributed by atoms with Crippen molar-refractivity contribution in [3.05, 3.63) is 59.2 Å². The largest absolute Gasteiger partial charge is 0.483 e. The molecule has 31 heavy (non-hydrogen) atoms. The maximum Gasteiger partial charge on any atom is 0.276 e. The van der Waals surface area contributed by atoms with E-state index in [1.165, 1.54) is 6.42 Å². The molecule has 1 fully saturated rings. The molecule has 1 aliphatic carbocycles. The first-order valence-corrected chi connectivity index (χ1v) is 10.6. The number of hydrogen-bond donors (Lipinski definition) is 3. The molecule has 0 atom stereocenters. The Morgan fingerprint density at radius 1 is 0.935 bits per heavy atom. The summed E-state index contributed by atoms with van der Waals surface area (Å²) in [6.07, 6.45) is 5.25. The predicted octanol–water partition coefficient (Wildman–Crippen LogP) is 3.66. The number of nitrogens with one attached hydrogen (secondary N) is 3. The van der Waals surface area contributed by atoms with Gasteiger partial charge >= 0.3 is 0 Å². The van der Waals surface area contributed by atoms with Crippen LogP contribution in [0.4, 0.5) is 5.69 Å². The summed E-state index contributed by atoms with van der Waals surface area (Å²) in [7, 11) is 0. The molecule has 164 valence electrons. The first kappa shape index (κ1) is 22.3. The van der Waals surface area contributed by atoms with Gasteiger partial charge in [-0.2, -0.15) is 0 Å². The third-order valence-electron chi connectivity index (χ3n) is 5.40. The Kier molecular flexibility index (Phi) is 7.65. The summed E-state index contributed by atoms with van der Waals surface area (Å²) in [5.74, 6) is -0.196. The highest BCUT2D eigenvalue weighted by Gasteiger charge is 2.21. The van der Waals surface area contributed by atoms with Gasteiger partial charge in [-0.05, 0) is 62.6 Å². The molecule has 2 aromatic rings. The quantitative estimate of drug-likeness (QED) is 0.618. The molecule has 0 aromatic heterocycles. The van der Waals surface area contributed by atoms with E-state index in [1.54, 1.807) is 24.3 Å². The van der Waals surface area contributed by atoms with Crippen molar-refractivity contribution in [1.29, 1.82) is 0 Å². The van der Waals surface area contributed by atoms with Crippen molar-refractivity contribution in [3.8, 4) is 5.75 Å². The Balaban J connectivity index is 1.43. The molecule has 3 N–H and O–H groups in total. The second-order valence-corrected chi connectivity index (χ2v) is 7.96. The first-order valence-electron chi connectivity index (χ1n) is 10.6. The first-order chi connectivity index (χ1) is 14.9. The molecule has 3 amide bonds. The molecule has 3 rings (SSSR count). The second kappa shape index (κ2) is 10.6. The monoisotopic (exact) mass is 423 g/mol. The van der Waals surface area contributed by atoms with Gasteiger partial charge in [-0.15, -0.1) is 0 Å². The Labute approximate surface area is 182 Å². The average molecular weight is 424 g/mol. The van der Waals surface area contributed by atoms with Gasteiger partial charge < -0.3 is 10.1 Å². The number of anilines is 1. The molecule has 2 aromatic carbocycles. The Hall–Kier alpha value is -3.35. The molecule has 7 heteroatoms. The third-order valence-corrected chi connectivity index (χ3v) is 5.40. The van der Waals surface area contributed by atoms with Gasteiger partial charge in [0.25, 0.3) is 11.8 Å². The van der Waals surface area contributed by atoms with Crippen molar-refractivity contribution < 1.29 is 19.1 Å². The van der Waals surface area contributed by atoms with Gasteiger partial charge in [0.05, 0.1) is 0 Å². The summed E-state index contributed by atoms with van der Waals surface area (Å²) < 4.78 is 5.49. The molecule has 0 aliphatic heterocycles. The molecule has 0 heterocycles. The van der Waals surface area contributed by atoms with E-state index in [9.17, 15) is 14.4 Å². The molecule has 0 saturated heterocycles. The van der Waals surface area contributed by atoms with Crippen LogP contribution in [0.25, 0.3) is 0 Å². The zero-order valence-electron chi connectivity index (χ0n) is 18.0. The van der Waals surface area contributed by atoms with E-state index in [-0.39, 0.29) is 18.4 Å². The van der Waals surface area contributed by atoms with Crippen LogP contribution in [0.1, 0.15) is 53.6 Å². The van der Waals surface area contributed by atoms with Crippen LogP contribution in [-0.4, -0.2) is 24.3 Å². The maximum absolute atomic E-state index is 12.3. The van der Waals surface area contributed by atoms with Crippen molar-refractivity contribution in [2.45, 2.75) is 46.0 Å². The minimum Gasteiger partial charge on any atom is -0.483 e. The molecule has 0 bridgehead atoms. The van der Waals surface area contributed by atoms with Crippen molar-refractivity contribution in [2.75, 3.05) is 11.9 Å². The number of hydrogen-bond acceptors (Lipinski definition) is 4. The van der Waals surface area contributed by atoms with E-state index in [2.05, 4.69) is 16.2 Å². The van der Waals surface area contributed by atoms with Crippen LogP contribution in [0.5, 0.6) is 5.75 Å². The number of carbonyl (C=O) groups excluding carboxylic acids is 3. The van der Waals surface area contributed by atoms with Crippen molar-refractivity contribution in [3.63, 3.8) is 0 Å². The topological polar surface area (TPSA) is 96.5 Å². The summed E-state index contributed by atoms with van der Waals surface area (Å²) in [5.41, 5.74) is 7.77. The third kappa shape index (κ3) is 6.57. The van der Waals surface area contributed by atoms with Gasteiger partial charge in [0, 0.05) is 17.2 Å². The van der Waals surface area contributed by atoms with E-state index in [4.69, 9.17) is 4.74 Å². The lowest BCUT2D eigenvalue weighted by atomic mass is 9.88. The van der Waals surface area contributed by atoms with Crippen molar-refractivity contribution in [2.24, 2.45) is 5.92 Å². The van der Waals surface area contributed by atoms with Gasteiger partial charge in [-0.1, -0.05) is 37.0 Å². The van der Waals surface area contributed by atoms with Crippen LogP contribution >= 0.6 is 0 Å². The van der Waals surface area contributed by atoms with Crippen LogP contribution in [0, 0.1) is 19.8 Å². The van der Waals surface area contributed by atoms with E-state index in [0.717, 1.165) is 36.8 Å². The number of aryl methyl sites for hydroxylation is 2. The number of ether oxygens (including phenoxy) is 1. The fourth-order valence-electron chi connectivity index (χ4n) is 3.65. The van der Waals surface area contributed by atoms with Gasteiger partial charge in [-0.25, -0.2) is 0 Å². The number of amides is 3. The average Bonchev–Trinajstić information content (AvgIpc) is 2.78. The van der Waals surface area contributed by atoms with Crippen LogP contribution in [0.3, 0.4) is 0 Å². The van der Waals surface area contributed by atoms with Crippen LogP contribution in [0.2, 0.25) is 0 Å². The van der Waals surface area contributed by atoms with Crippen molar-refractivity contribution in [1.82, 2.24) is 10.9 Å². The standard InChI is InChI=1S/C24H29N3O4/c1-16-8-13-21(17(2)14-16)31-15-22(28)26-27-24(30)19-9-11-20(12-10-19)25-23(29)18-6-4-3-5-7-18/h8-14,18H,3-7,15H2,1-2H3,(H,25,29)(H,26,28)(H,27,30). The normalized spacial score (nSPS) is 13.9. The summed E-state index contributed by atoms with van der Waals surface area (Å²) in [6, 6.07) is 12.3. The predicted molar refractivity (Wildman–Crippen MR) is 119 cm³/mol.